The van der Waals surface area contributed by atoms with E-state index in [0.29, 0.717) is 37.3 Å². The van der Waals surface area contributed by atoms with Crippen molar-refractivity contribution in [3.63, 3.8) is 0 Å². The second-order valence-corrected chi connectivity index (χ2v) is 6.85. The van der Waals surface area contributed by atoms with Crippen molar-refractivity contribution in [1.82, 2.24) is 10.2 Å². The zero-order valence-electron chi connectivity index (χ0n) is 16.4. The summed E-state index contributed by atoms with van der Waals surface area (Å²) in [5.74, 6) is 1.40. The molecule has 0 unspecified atom stereocenters. The second-order valence-electron chi connectivity index (χ2n) is 6.85. The normalized spacial score (nSPS) is 14.6. The van der Waals surface area contributed by atoms with Gasteiger partial charge in [-0.1, -0.05) is 30.3 Å². The number of carbonyl (C=O) groups is 1. The highest BCUT2D eigenvalue weighted by Gasteiger charge is 2.22. The molecule has 1 aliphatic rings. The molecule has 0 aliphatic carbocycles. The number of hydrogen-bond acceptors (Lipinski definition) is 5. The first kappa shape index (κ1) is 19.8. The van der Waals surface area contributed by atoms with E-state index in [1.165, 1.54) is 0 Å². The lowest BCUT2D eigenvalue weighted by molar-refractivity contribution is -0.118. The molecule has 1 heterocycles. The van der Waals surface area contributed by atoms with Crippen LogP contribution in [-0.2, 0) is 17.9 Å². The van der Waals surface area contributed by atoms with Gasteiger partial charge in [-0.25, -0.2) is 0 Å². The van der Waals surface area contributed by atoms with Gasteiger partial charge in [0.15, 0.2) is 0 Å². The molecule has 6 heteroatoms. The summed E-state index contributed by atoms with van der Waals surface area (Å²) in [5.41, 5.74) is 9.60. The van der Waals surface area contributed by atoms with Crippen LogP contribution < -0.4 is 20.5 Å². The van der Waals surface area contributed by atoms with Gasteiger partial charge >= 0.3 is 0 Å². The summed E-state index contributed by atoms with van der Waals surface area (Å²) in [7, 11) is 3.27. The number of carbonyl (C=O) groups excluding carboxylic acids is 1. The third-order valence-corrected chi connectivity index (χ3v) is 4.85. The van der Waals surface area contributed by atoms with Gasteiger partial charge in [-0.2, -0.15) is 0 Å². The zero-order valence-corrected chi connectivity index (χ0v) is 16.4. The number of nitrogens with one attached hydrogen (secondary N) is 1. The zero-order chi connectivity index (χ0) is 19.9. The van der Waals surface area contributed by atoms with Gasteiger partial charge in [0.25, 0.3) is 5.91 Å². The molecule has 1 aliphatic heterocycles. The number of ether oxygens (including phenoxy) is 2. The Labute approximate surface area is 165 Å². The fourth-order valence-corrected chi connectivity index (χ4v) is 3.29. The van der Waals surface area contributed by atoms with Crippen LogP contribution in [0.2, 0.25) is 0 Å². The molecular formula is C22H27N3O3. The molecule has 0 spiro atoms. The van der Waals surface area contributed by atoms with E-state index in [9.17, 15) is 4.79 Å². The predicted molar refractivity (Wildman–Crippen MR) is 109 cm³/mol. The Hall–Kier alpha value is -2.99. The van der Waals surface area contributed by atoms with Crippen molar-refractivity contribution in [2.45, 2.75) is 19.5 Å². The average Bonchev–Trinajstić information content (AvgIpc) is 2.73. The molecule has 0 fully saturated rings. The standard InChI is InChI=1S/C22H27N3O3/c1-27-18-10-17(11-19(12-18)28-2)14-25-9-8-21(23)20(15-25)22(26)24-13-16-6-4-3-5-7-16/h3-7,10-12H,8-9,13-15,23H2,1-2H3,(H,24,26). The van der Waals surface area contributed by atoms with Crippen LogP contribution in [-0.4, -0.2) is 38.1 Å². The van der Waals surface area contributed by atoms with E-state index in [0.717, 1.165) is 29.2 Å². The van der Waals surface area contributed by atoms with Crippen LogP contribution in [0.1, 0.15) is 17.5 Å². The molecule has 2 aromatic rings. The minimum absolute atomic E-state index is 0.103. The van der Waals surface area contributed by atoms with Crippen molar-refractivity contribution in [2.75, 3.05) is 27.3 Å². The van der Waals surface area contributed by atoms with Crippen LogP contribution in [0.3, 0.4) is 0 Å². The topological polar surface area (TPSA) is 76.8 Å². The van der Waals surface area contributed by atoms with E-state index in [1.807, 2.05) is 48.5 Å². The summed E-state index contributed by atoms with van der Waals surface area (Å²) in [6.07, 6.45) is 0.676. The number of nitrogens with two attached hydrogens (primary N) is 1. The van der Waals surface area contributed by atoms with Crippen molar-refractivity contribution in [1.29, 1.82) is 0 Å². The first-order chi connectivity index (χ1) is 13.6. The molecular weight excluding hydrogens is 354 g/mol. The fourth-order valence-electron chi connectivity index (χ4n) is 3.29. The lowest BCUT2D eigenvalue weighted by atomic mass is 10.0. The SMILES string of the molecule is COc1cc(CN2CCC(N)=C(C(=O)NCc3ccccc3)C2)cc(OC)c1. The molecule has 0 saturated heterocycles. The highest BCUT2D eigenvalue weighted by Crippen LogP contribution is 2.25. The molecule has 3 N–H and O–H groups in total. The Balaban J connectivity index is 1.64. The second kappa shape index (κ2) is 9.28. The minimum atomic E-state index is -0.103. The molecule has 0 radical (unpaired) electrons. The lowest BCUT2D eigenvalue weighted by Gasteiger charge is -2.29. The number of benzene rings is 2. The quantitative estimate of drug-likeness (QED) is 0.770. The molecule has 6 nitrogen and oxygen atoms in total. The maximum Gasteiger partial charge on any atom is 0.250 e. The summed E-state index contributed by atoms with van der Waals surface area (Å²) < 4.78 is 10.7. The fraction of sp³-hybridized carbons (Fsp3) is 0.318. The van der Waals surface area contributed by atoms with E-state index in [-0.39, 0.29) is 5.91 Å². The lowest BCUT2D eigenvalue weighted by Crippen LogP contribution is -2.39. The van der Waals surface area contributed by atoms with Crippen LogP contribution in [0.15, 0.2) is 59.8 Å². The van der Waals surface area contributed by atoms with Gasteiger partial charge in [0.05, 0.1) is 14.2 Å². The Morgan fingerprint density at radius 3 is 2.39 bits per heavy atom. The highest BCUT2D eigenvalue weighted by atomic mass is 16.5. The summed E-state index contributed by atoms with van der Waals surface area (Å²) in [6, 6.07) is 15.7. The van der Waals surface area contributed by atoms with Gasteiger partial charge in [0.1, 0.15) is 11.5 Å². The van der Waals surface area contributed by atoms with E-state index in [1.54, 1.807) is 14.2 Å². The maximum atomic E-state index is 12.7. The highest BCUT2D eigenvalue weighted by molar-refractivity contribution is 5.94. The van der Waals surface area contributed by atoms with Crippen molar-refractivity contribution in [2.24, 2.45) is 5.73 Å². The van der Waals surface area contributed by atoms with Gasteiger partial charge in [0.2, 0.25) is 0 Å². The smallest absolute Gasteiger partial charge is 0.250 e. The Morgan fingerprint density at radius 1 is 1.07 bits per heavy atom. The molecule has 2 aromatic carbocycles. The average molecular weight is 381 g/mol. The Kier molecular flexibility index (Phi) is 6.55. The van der Waals surface area contributed by atoms with E-state index in [2.05, 4.69) is 10.2 Å². The minimum Gasteiger partial charge on any atom is -0.497 e. The third kappa shape index (κ3) is 5.04. The van der Waals surface area contributed by atoms with Crippen LogP contribution in [0.4, 0.5) is 0 Å². The van der Waals surface area contributed by atoms with Crippen molar-refractivity contribution in [3.8, 4) is 11.5 Å². The molecule has 0 bridgehead atoms. The number of amides is 1. The monoisotopic (exact) mass is 381 g/mol. The predicted octanol–water partition coefficient (Wildman–Crippen LogP) is 2.44. The molecule has 0 atom stereocenters. The largest absolute Gasteiger partial charge is 0.497 e. The molecule has 1 amide bonds. The van der Waals surface area contributed by atoms with E-state index < -0.39 is 0 Å². The first-order valence-electron chi connectivity index (χ1n) is 9.33. The number of rotatable bonds is 7. The number of nitrogens with zero attached hydrogens (tertiary/aromatic N) is 1. The van der Waals surface area contributed by atoms with Crippen LogP contribution in [0.25, 0.3) is 0 Å². The summed E-state index contributed by atoms with van der Waals surface area (Å²) in [6.45, 7) is 2.51. The summed E-state index contributed by atoms with van der Waals surface area (Å²) >= 11 is 0. The third-order valence-electron chi connectivity index (χ3n) is 4.85. The van der Waals surface area contributed by atoms with Gasteiger partial charge in [-0.15, -0.1) is 0 Å². The van der Waals surface area contributed by atoms with Gasteiger partial charge < -0.3 is 20.5 Å². The molecule has 28 heavy (non-hydrogen) atoms. The van der Waals surface area contributed by atoms with Crippen molar-refractivity contribution < 1.29 is 14.3 Å². The molecule has 0 aromatic heterocycles. The molecule has 3 rings (SSSR count). The van der Waals surface area contributed by atoms with Crippen LogP contribution in [0, 0.1) is 0 Å². The van der Waals surface area contributed by atoms with Crippen LogP contribution >= 0.6 is 0 Å². The summed E-state index contributed by atoms with van der Waals surface area (Å²) in [5, 5.41) is 2.98. The first-order valence-corrected chi connectivity index (χ1v) is 9.33. The van der Waals surface area contributed by atoms with Crippen molar-refractivity contribution >= 4 is 5.91 Å². The number of methoxy groups -OCH3 is 2. The summed E-state index contributed by atoms with van der Waals surface area (Å²) in [4.78, 5) is 14.9. The Morgan fingerprint density at radius 2 is 1.75 bits per heavy atom. The van der Waals surface area contributed by atoms with Gasteiger partial charge in [-0.05, 0) is 23.3 Å². The molecule has 0 saturated carbocycles. The van der Waals surface area contributed by atoms with E-state index >= 15 is 0 Å². The van der Waals surface area contributed by atoms with E-state index in [4.69, 9.17) is 15.2 Å². The number of hydrogen-bond donors (Lipinski definition) is 2. The van der Waals surface area contributed by atoms with Crippen molar-refractivity contribution in [3.05, 3.63) is 70.9 Å². The van der Waals surface area contributed by atoms with Gasteiger partial charge in [0, 0.05) is 49.9 Å². The van der Waals surface area contributed by atoms with Crippen LogP contribution in [0.5, 0.6) is 11.5 Å². The maximum absolute atomic E-state index is 12.7. The molecule has 148 valence electrons. The Bertz CT molecular complexity index is 827. The van der Waals surface area contributed by atoms with Gasteiger partial charge in [-0.3, -0.25) is 9.69 Å².